The molecule has 2 aromatic heterocycles. The monoisotopic (exact) mass is 629 g/mol. The molecule has 0 atom stereocenters. The Labute approximate surface area is 197 Å². The molecule has 10 nitrogen and oxygen atoms in total. The van der Waals surface area contributed by atoms with Gasteiger partial charge in [-0.15, -0.1) is 0 Å². The molecule has 30 heavy (non-hydrogen) atoms. The number of benzene rings is 2. The second-order valence-electron chi connectivity index (χ2n) is 5.92. The summed E-state index contributed by atoms with van der Waals surface area (Å²) in [6, 6.07) is 10.9. The molecule has 0 aliphatic carbocycles. The van der Waals surface area contributed by atoms with Gasteiger partial charge >= 0.3 is 0 Å². The van der Waals surface area contributed by atoms with E-state index in [0.717, 1.165) is 3.57 Å². The zero-order chi connectivity index (χ0) is 21.3. The molecule has 2 heterocycles. The average molecular weight is 629 g/mol. The van der Waals surface area contributed by atoms with E-state index in [9.17, 15) is 5.11 Å². The SMILES string of the molecule is COc1ccccc1Nc1nc2nonc2nc1C(=NN)c1cc(I)cc(I)c1O. The fourth-order valence-corrected chi connectivity index (χ4v) is 4.62. The molecule has 152 valence electrons. The van der Waals surface area contributed by atoms with Crippen LogP contribution in [0.25, 0.3) is 11.3 Å². The zero-order valence-electron chi connectivity index (χ0n) is 15.3. The number of aromatic nitrogens is 4. The summed E-state index contributed by atoms with van der Waals surface area (Å²) < 4.78 is 11.7. The van der Waals surface area contributed by atoms with E-state index in [1.54, 1.807) is 19.2 Å². The predicted molar refractivity (Wildman–Crippen MR) is 127 cm³/mol. The molecule has 0 unspecified atom stereocenters. The highest BCUT2D eigenvalue weighted by molar-refractivity contribution is 14.1. The molecule has 0 aliphatic heterocycles. The first kappa shape index (κ1) is 20.5. The van der Waals surface area contributed by atoms with Gasteiger partial charge in [0.15, 0.2) is 5.82 Å². The van der Waals surface area contributed by atoms with Crippen LogP contribution in [-0.4, -0.2) is 38.2 Å². The highest BCUT2D eigenvalue weighted by Crippen LogP contribution is 2.32. The predicted octanol–water partition coefficient (Wildman–Crippen LogP) is 3.39. The first-order chi connectivity index (χ1) is 14.5. The fraction of sp³-hybridized carbons (Fsp3) is 0.0556. The van der Waals surface area contributed by atoms with Crippen LogP contribution in [0.1, 0.15) is 11.3 Å². The molecule has 0 amide bonds. The summed E-state index contributed by atoms with van der Waals surface area (Å²) >= 11 is 4.19. The van der Waals surface area contributed by atoms with Gasteiger partial charge in [-0.2, -0.15) is 5.10 Å². The van der Waals surface area contributed by atoms with E-state index in [4.69, 9.17) is 15.2 Å². The minimum Gasteiger partial charge on any atom is -0.506 e. The van der Waals surface area contributed by atoms with Crippen LogP contribution in [0.2, 0.25) is 0 Å². The smallest absolute Gasteiger partial charge is 0.245 e. The molecule has 0 aliphatic rings. The summed E-state index contributed by atoms with van der Waals surface area (Å²) in [5, 5.41) is 25.2. The number of phenols is 1. The van der Waals surface area contributed by atoms with Gasteiger partial charge in [-0.3, -0.25) is 0 Å². The first-order valence-corrected chi connectivity index (χ1v) is 10.5. The third-order valence-electron chi connectivity index (χ3n) is 4.11. The Balaban J connectivity index is 1.92. The van der Waals surface area contributed by atoms with Gasteiger partial charge in [0.2, 0.25) is 11.3 Å². The number of hydrazone groups is 1. The number of anilines is 2. The van der Waals surface area contributed by atoms with Crippen LogP contribution in [-0.2, 0) is 0 Å². The van der Waals surface area contributed by atoms with Crippen molar-refractivity contribution in [3.63, 3.8) is 0 Å². The molecular weight excluding hydrogens is 616 g/mol. The number of aromatic hydroxyl groups is 1. The van der Waals surface area contributed by atoms with Crippen molar-refractivity contribution in [3.8, 4) is 11.5 Å². The normalized spacial score (nSPS) is 11.6. The van der Waals surface area contributed by atoms with Crippen molar-refractivity contribution in [2.75, 3.05) is 12.4 Å². The fourth-order valence-electron chi connectivity index (χ4n) is 2.77. The molecule has 12 heteroatoms. The van der Waals surface area contributed by atoms with Crippen LogP contribution in [0.15, 0.2) is 46.1 Å². The van der Waals surface area contributed by atoms with Crippen LogP contribution >= 0.6 is 45.2 Å². The van der Waals surface area contributed by atoms with Gasteiger partial charge in [0.1, 0.15) is 22.9 Å². The Morgan fingerprint density at radius 3 is 2.63 bits per heavy atom. The lowest BCUT2D eigenvalue weighted by Crippen LogP contribution is -2.14. The molecule has 0 saturated heterocycles. The molecular formula is C18H13I2N7O3. The van der Waals surface area contributed by atoms with Crippen LogP contribution in [0.3, 0.4) is 0 Å². The topological polar surface area (TPSA) is 145 Å². The van der Waals surface area contributed by atoms with Crippen LogP contribution in [0.5, 0.6) is 11.5 Å². The Morgan fingerprint density at radius 2 is 1.90 bits per heavy atom. The van der Waals surface area contributed by atoms with Gasteiger partial charge in [-0.25, -0.2) is 14.6 Å². The summed E-state index contributed by atoms with van der Waals surface area (Å²) in [4.78, 5) is 8.93. The average Bonchev–Trinajstić information content (AvgIpc) is 3.19. The molecule has 0 fully saturated rings. The van der Waals surface area contributed by atoms with Crippen molar-refractivity contribution in [1.82, 2.24) is 20.3 Å². The number of nitrogens with one attached hydrogen (secondary N) is 1. The minimum atomic E-state index is 0.0311. The van der Waals surface area contributed by atoms with E-state index in [-0.39, 0.29) is 28.4 Å². The number of nitrogens with zero attached hydrogens (tertiary/aromatic N) is 5. The van der Waals surface area contributed by atoms with Crippen molar-refractivity contribution >= 4 is 73.7 Å². The molecule has 2 aromatic carbocycles. The maximum absolute atomic E-state index is 10.6. The van der Waals surface area contributed by atoms with Crippen molar-refractivity contribution in [2.45, 2.75) is 0 Å². The summed E-state index contributed by atoms with van der Waals surface area (Å²) in [6.45, 7) is 0. The molecule has 4 aromatic rings. The highest BCUT2D eigenvalue weighted by Gasteiger charge is 2.23. The lowest BCUT2D eigenvalue weighted by molar-refractivity contribution is 0.314. The number of phenolic OH excluding ortho intramolecular Hbond substituents is 1. The standard InChI is InChI=1S/C18H13I2N7O3/c1-29-12-5-3-2-4-11(12)22-16-14(23-17-18(24-16)27-30-26-17)13(25-21)9-6-8(19)7-10(20)15(9)28/h2-7,28H,21H2,1H3,(H,22,24,27). The Hall–Kier alpha value is -2.75. The maximum Gasteiger partial charge on any atom is 0.245 e. The van der Waals surface area contributed by atoms with Gasteiger partial charge in [0.05, 0.1) is 16.4 Å². The summed E-state index contributed by atoms with van der Waals surface area (Å²) in [5.74, 6) is 6.66. The van der Waals surface area contributed by atoms with Crippen molar-refractivity contribution in [3.05, 3.63) is 54.8 Å². The zero-order valence-corrected chi connectivity index (χ0v) is 19.6. The van der Waals surface area contributed by atoms with Gasteiger partial charge < -0.3 is 21.0 Å². The van der Waals surface area contributed by atoms with Crippen molar-refractivity contribution in [1.29, 1.82) is 0 Å². The van der Waals surface area contributed by atoms with Crippen LogP contribution < -0.4 is 15.9 Å². The number of hydrogen-bond donors (Lipinski definition) is 3. The lowest BCUT2D eigenvalue weighted by Gasteiger charge is -2.15. The Kier molecular flexibility index (Phi) is 5.85. The number of fused-ring (bicyclic) bond motifs is 1. The number of nitrogens with two attached hydrogens (primary N) is 1. The van der Waals surface area contributed by atoms with E-state index < -0.39 is 0 Å². The van der Waals surface area contributed by atoms with Gasteiger partial charge in [-0.1, -0.05) is 12.1 Å². The van der Waals surface area contributed by atoms with E-state index in [2.05, 4.69) is 53.3 Å². The number of hydrogen-bond acceptors (Lipinski definition) is 10. The van der Waals surface area contributed by atoms with Gasteiger partial charge in [0.25, 0.3) is 0 Å². The van der Waals surface area contributed by atoms with Gasteiger partial charge in [-0.05, 0) is 79.8 Å². The minimum absolute atomic E-state index is 0.0311. The third kappa shape index (κ3) is 3.83. The second kappa shape index (κ2) is 8.55. The quantitative estimate of drug-likeness (QED) is 0.131. The largest absolute Gasteiger partial charge is 0.506 e. The Bertz CT molecular complexity index is 1280. The molecule has 0 spiro atoms. The lowest BCUT2D eigenvalue weighted by atomic mass is 10.1. The molecule has 4 N–H and O–H groups in total. The summed E-state index contributed by atoms with van der Waals surface area (Å²) in [7, 11) is 1.57. The number of para-hydroxylation sites is 2. The van der Waals surface area contributed by atoms with E-state index >= 15 is 0 Å². The number of halogens is 2. The highest BCUT2D eigenvalue weighted by atomic mass is 127. The Morgan fingerprint density at radius 1 is 1.17 bits per heavy atom. The van der Waals surface area contributed by atoms with Crippen LogP contribution in [0.4, 0.5) is 11.5 Å². The van der Waals surface area contributed by atoms with Crippen LogP contribution in [0, 0.1) is 7.14 Å². The summed E-state index contributed by atoms with van der Waals surface area (Å²) in [5.41, 5.74) is 1.91. The van der Waals surface area contributed by atoms with E-state index in [1.807, 2.05) is 46.9 Å². The molecule has 0 radical (unpaired) electrons. The second-order valence-corrected chi connectivity index (χ2v) is 8.33. The number of methoxy groups -OCH3 is 1. The van der Waals surface area contributed by atoms with E-state index in [1.165, 1.54) is 0 Å². The van der Waals surface area contributed by atoms with Crippen molar-refractivity contribution in [2.24, 2.45) is 10.9 Å². The molecule has 0 saturated carbocycles. The maximum atomic E-state index is 10.6. The van der Waals surface area contributed by atoms with E-state index in [0.29, 0.717) is 26.4 Å². The first-order valence-electron chi connectivity index (χ1n) is 8.38. The third-order valence-corrected chi connectivity index (χ3v) is 5.56. The number of rotatable bonds is 5. The van der Waals surface area contributed by atoms with Gasteiger partial charge in [0, 0.05) is 9.13 Å². The molecule has 4 rings (SSSR count). The van der Waals surface area contributed by atoms with Crippen molar-refractivity contribution < 1.29 is 14.5 Å². The summed E-state index contributed by atoms with van der Waals surface area (Å²) in [6.07, 6.45) is 0. The molecule has 0 bridgehead atoms. The number of ether oxygens (including phenoxy) is 1.